The molecule has 75 valence electrons. The summed E-state index contributed by atoms with van der Waals surface area (Å²) in [6.45, 7) is 2.14. The van der Waals surface area contributed by atoms with Gasteiger partial charge in [0.15, 0.2) is 0 Å². The largest absolute Gasteiger partial charge is 0.596 e. The van der Waals surface area contributed by atoms with Gasteiger partial charge in [-0.05, 0) is 24.9 Å². The minimum atomic E-state index is -0.273. The van der Waals surface area contributed by atoms with E-state index in [-0.39, 0.29) is 54.4 Å². The van der Waals surface area contributed by atoms with E-state index in [1.165, 1.54) is 5.75 Å². The topological polar surface area (TPSA) is 48.2 Å². The van der Waals surface area contributed by atoms with E-state index in [2.05, 4.69) is 18.5 Å². The molecule has 1 radical (unpaired) electrons. The van der Waals surface area contributed by atoms with Gasteiger partial charge in [0.25, 0.3) is 0 Å². The maximum Gasteiger partial charge on any atom is 0.0568 e. The van der Waals surface area contributed by atoms with E-state index in [9.17, 15) is 9.59 Å². The average molecular weight is 297 g/mol. The first-order valence-electron chi connectivity index (χ1n) is 3.47. The number of rotatable bonds is 1. The zero-order valence-electron chi connectivity index (χ0n) is 8.08. The summed E-state index contributed by atoms with van der Waals surface area (Å²) in [6, 6.07) is 0. The normalized spacial score (nSPS) is 13.1. The van der Waals surface area contributed by atoms with E-state index in [4.69, 9.17) is 0 Å². The van der Waals surface area contributed by atoms with Crippen LogP contribution in [-0.4, -0.2) is 23.8 Å². The molecule has 0 saturated carbocycles. The molecule has 1 heterocycles. The van der Waals surface area contributed by atoms with Crippen LogP contribution < -0.4 is 0 Å². The zero-order valence-corrected chi connectivity index (χ0v) is 13.1. The first-order valence-corrected chi connectivity index (χ1v) is 4.86. The van der Waals surface area contributed by atoms with Gasteiger partial charge in [0.1, 0.15) is 0 Å². The Morgan fingerprint density at radius 1 is 1.31 bits per heavy atom. The summed E-state index contributed by atoms with van der Waals surface area (Å²) in [7, 11) is 0. The van der Waals surface area contributed by atoms with Crippen molar-refractivity contribution in [3.63, 3.8) is 0 Å². The number of amides is 2. The first kappa shape index (κ1) is 19.6. The standard InChI is InChI=1S/C4H5NO2.C3H8S.H3P.Y/c6-3-1-2-4(7)5-3;1-3-4-2;;/h1-2H2,(H,5,6,7);3H2,1-2H3;1H3;/p-1. The Hall–Kier alpha value is 1.02. The second-order valence-corrected chi connectivity index (χ2v) is 3.13. The summed E-state index contributed by atoms with van der Waals surface area (Å²) in [4.78, 5) is 20.1. The molecular weight excluding hydrogens is 282 g/mol. The van der Waals surface area contributed by atoms with Crippen LogP contribution in [0.5, 0.6) is 0 Å². The van der Waals surface area contributed by atoms with Crippen LogP contribution in [-0.2, 0) is 42.3 Å². The van der Waals surface area contributed by atoms with Gasteiger partial charge in [0.05, 0.1) is 11.8 Å². The third-order valence-electron chi connectivity index (χ3n) is 1.09. The Bertz CT molecular complexity index is 141. The molecule has 0 N–H and O–H groups in total. The molecule has 0 aliphatic carbocycles. The Morgan fingerprint density at radius 2 is 1.62 bits per heavy atom. The minimum Gasteiger partial charge on any atom is -0.596 e. The van der Waals surface area contributed by atoms with Gasteiger partial charge in [-0.15, -0.1) is 0 Å². The van der Waals surface area contributed by atoms with Crippen LogP contribution in [0, 0.1) is 0 Å². The van der Waals surface area contributed by atoms with E-state index in [1.807, 2.05) is 11.8 Å². The first-order chi connectivity index (χ1) is 5.20. The molecule has 13 heavy (non-hydrogen) atoms. The molecule has 1 fully saturated rings. The predicted octanol–water partition coefficient (Wildman–Crippen LogP) is 1.63. The number of hydrogen-bond donors (Lipinski definition) is 0. The number of hydrogen-bond acceptors (Lipinski definition) is 3. The van der Waals surface area contributed by atoms with Crippen molar-refractivity contribution in [1.29, 1.82) is 0 Å². The molecule has 0 aromatic carbocycles. The van der Waals surface area contributed by atoms with Crippen LogP contribution in [0.15, 0.2) is 0 Å². The van der Waals surface area contributed by atoms with E-state index in [0.717, 1.165) is 0 Å². The van der Waals surface area contributed by atoms with Crippen LogP contribution in [0.25, 0.3) is 5.32 Å². The fourth-order valence-corrected chi connectivity index (χ4v) is 0.465. The molecule has 1 rings (SSSR count). The summed E-state index contributed by atoms with van der Waals surface area (Å²) in [5.74, 6) is 0.690. The molecule has 6 heteroatoms. The minimum absolute atomic E-state index is 0. The van der Waals surface area contributed by atoms with Crippen LogP contribution in [0.3, 0.4) is 0 Å². The molecule has 0 spiro atoms. The van der Waals surface area contributed by atoms with Gasteiger partial charge in [-0.25, -0.2) is 0 Å². The molecule has 1 aliphatic heterocycles. The van der Waals surface area contributed by atoms with Crippen molar-refractivity contribution in [2.45, 2.75) is 19.8 Å². The molecule has 3 nitrogen and oxygen atoms in total. The maximum absolute atomic E-state index is 10.1. The maximum atomic E-state index is 10.1. The van der Waals surface area contributed by atoms with Gasteiger partial charge in [-0.3, -0.25) is 0 Å². The fourth-order valence-electron chi connectivity index (χ4n) is 0.465. The molecule has 1 unspecified atom stereocenters. The molecule has 1 aliphatic rings. The molecule has 2 amide bonds. The Morgan fingerprint density at radius 3 is 1.69 bits per heavy atom. The average Bonchev–Trinajstić information content (AvgIpc) is 2.35. The van der Waals surface area contributed by atoms with Crippen molar-refractivity contribution in [2.24, 2.45) is 0 Å². The molecule has 1 saturated heterocycles. The summed E-state index contributed by atoms with van der Waals surface area (Å²) < 4.78 is 0. The van der Waals surface area contributed by atoms with E-state index >= 15 is 0 Å². The predicted molar refractivity (Wildman–Crippen MR) is 57.8 cm³/mol. The van der Waals surface area contributed by atoms with Crippen LogP contribution >= 0.6 is 21.7 Å². The molecular formula is C7H15NO2PSY-. The van der Waals surface area contributed by atoms with Crippen molar-refractivity contribution >= 4 is 33.5 Å². The molecule has 1 atom stereocenters. The Balaban J connectivity index is -0.000000150. The SMILES string of the molecule is CCSC.O=C1CCC(=O)[N-]1.P.[Y]. The van der Waals surface area contributed by atoms with Gasteiger partial charge in [0.2, 0.25) is 0 Å². The van der Waals surface area contributed by atoms with Crippen molar-refractivity contribution in [3.8, 4) is 0 Å². The molecule has 0 aromatic heterocycles. The number of nitrogens with zero attached hydrogens (tertiary/aromatic N) is 1. The van der Waals surface area contributed by atoms with Crippen LogP contribution in [0.4, 0.5) is 0 Å². The third kappa shape index (κ3) is 13.0. The van der Waals surface area contributed by atoms with Crippen molar-refractivity contribution in [1.82, 2.24) is 0 Å². The van der Waals surface area contributed by atoms with Crippen molar-refractivity contribution in [3.05, 3.63) is 5.32 Å². The Labute approximate surface area is 112 Å². The quantitative estimate of drug-likeness (QED) is 0.546. The van der Waals surface area contributed by atoms with Gasteiger partial charge < -0.3 is 14.9 Å². The van der Waals surface area contributed by atoms with E-state index in [1.54, 1.807) is 0 Å². The summed E-state index contributed by atoms with van der Waals surface area (Å²) >= 11 is 1.86. The fraction of sp³-hybridized carbons (Fsp3) is 0.714. The van der Waals surface area contributed by atoms with Gasteiger partial charge >= 0.3 is 0 Å². The smallest absolute Gasteiger partial charge is 0.0568 e. The summed E-state index contributed by atoms with van der Waals surface area (Å²) in [5, 5.41) is 3.11. The third-order valence-corrected chi connectivity index (χ3v) is 1.67. The van der Waals surface area contributed by atoms with Crippen LogP contribution in [0.2, 0.25) is 0 Å². The van der Waals surface area contributed by atoms with Crippen LogP contribution in [0.1, 0.15) is 19.8 Å². The van der Waals surface area contributed by atoms with Gasteiger partial charge in [0, 0.05) is 32.7 Å². The van der Waals surface area contributed by atoms with Crippen molar-refractivity contribution in [2.75, 3.05) is 12.0 Å². The second-order valence-electron chi connectivity index (χ2n) is 1.98. The number of thioether (sulfide) groups is 1. The van der Waals surface area contributed by atoms with E-state index in [0.29, 0.717) is 12.8 Å². The second kappa shape index (κ2) is 13.0. The number of carbonyl (C=O) groups is 2. The van der Waals surface area contributed by atoms with Crippen molar-refractivity contribution < 1.29 is 42.3 Å². The van der Waals surface area contributed by atoms with Gasteiger partial charge in [-0.2, -0.15) is 21.7 Å². The zero-order chi connectivity index (χ0) is 8.69. The van der Waals surface area contributed by atoms with E-state index < -0.39 is 0 Å². The number of carbonyl (C=O) groups excluding carboxylic acids is 2. The summed E-state index contributed by atoms with van der Waals surface area (Å²) in [6.07, 6.45) is 2.73. The van der Waals surface area contributed by atoms with Gasteiger partial charge in [-0.1, -0.05) is 6.92 Å². The summed E-state index contributed by atoms with van der Waals surface area (Å²) in [5.41, 5.74) is 0. The molecule has 0 aromatic rings. The molecule has 0 bridgehead atoms. The Kier molecular flexibility index (Phi) is 19.6. The monoisotopic (exact) mass is 297 g/mol. The number of imide groups is 1.